The standard InChI is InChI=1S/C19H19N3O2/c1-12-20-17-6-3-13(7-18(17)21-12)9-22-10-15-5-4-14(19(23)24-2)8-16(15)11-22/h3-8,20-21H,1,9-11H2,2H3. The molecule has 2 aliphatic heterocycles. The molecule has 4 rings (SSSR count). The summed E-state index contributed by atoms with van der Waals surface area (Å²) in [6.45, 7) is 6.49. The van der Waals surface area contributed by atoms with Gasteiger partial charge in [0.05, 0.1) is 24.0 Å². The van der Waals surface area contributed by atoms with Crippen LogP contribution in [-0.4, -0.2) is 18.0 Å². The van der Waals surface area contributed by atoms with Gasteiger partial charge in [0.25, 0.3) is 0 Å². The van der Waals surface area contributed by atoms with E-state index < -0.39 is 0 Å². The number of nitrogens with zero attached hydrogens (tertiary/aromatic N) is 1. The lowest BCUT2D eigenvalue weighted by molar-refractivity contribution is 0.0600. The van der Waals surface area contributed by atoms with Gasteiger partial charge in [0.2, 0.25) is 0 Å². The molecule has 122 valence electrons. The Morgan fingerprint density at radius 2 is 1.92 bits per heavy atom. The van der Waals surface area contributed by atoms with Crippen LogP contribution < -0.4 is 10.6 Å². The fourth-order valence-electron chi connectivity index (χ4n) is 3.34. The van der Waals surface area contributed by atoms with Crippen LogP contribution in [-0.2, 0) is 24.4 Å². The lowest BCUT2D eigenvalue weighted by Gasteiger charge is -2.15. The number of methoxy groups -OCH3 is 1. The van der Waals surface area contributed by atoms with E-state index >= 15 is 0 Å². The van der Waals surface area contributed by atoms with Crippen LogP contribution in [0, 0.1) is 0 Å². The quantitative estimate of drug-likeness (QED) is 0.850. The number of hydrogen-bond acceptors (Lipinski definition) is 5. The van der Waals surface area contributed by atoms with Crippen molar-refractivity contribution in [3.63, 3.8) is 0 Å². The van der Waals surface area contributed by atoms with Crippen molar-refractivity contribution in [2.24, 2.45) is 0 Å². The van der Waals surface area contributed by atoms with Crippen molar-refractivity contribution in [2.75, 3.05) is 17.7 Å². The zero-order valence-corrected chi connectivity index (χ0v) is 13.6. The summed E-state index contributed by atoms with van der Waals surface area (Å²) >= 11 is 0. The van der Waals surface area contributed by atoms with E-state index in [1.165, 1.54) is 23.8 Å². The number of carbonyl (C=O) groups is 1. The molecule has 0 bridgehead atoms. The fourth-order valence-corrected chi connectivity index (χ4v) is 3.34. The van der Waals surface area contributed by atoms with Gasteiger partial charge in [-0.05, 0) is 41.0 Å². The van der Waals surface area contributed by atoms with Gasteiger partial charge in [0, 0.05) is 19.6 Å². The smallest absolute Gasteiger partial charge is 0.337 e. The molecule has 2 N–H and O–H groups in total. The fraction of sp³-hybridized carbons (Fsp3) is 0.211. The van der Waals surface area contributed by atoms with Crippen molar-refractivity contribution in [1.29, 1.82) is 0 Å². The molecule has 0 fully saturated rings. The number of hydrogen-bond donors (Lipinski definition) is 2. The third kappa shape index (κ3) is 2.63. The maximum absolute atomic E-state index is 11.7. The Morgan fingerprint density at radius 1 is 1.12 bits per heavy atom. The number of esters is 1. The first kappa shape index (κ1) is 14.8. The Labute approximate surface area is 140 Å². The topological polar surface area (TPSA) is 53.6 Å². The molecule has 0 saturated carbocycles. The van der Waals surface area contributed by atoms with Crippen molar-refractivity contribution in [2.45, 2.75) is 19.6 Å². The van der Waals surface area contributed by atoms with Gasteiger partial charge in [0.1, 0.15) is 5.82 Å². The van der Waals surface area contributed by atoms with Gasteiger partial charge in [-0.1, -0.05) is 18.7 Å². The van der Waals surface area contributed by atoms with Crippen LogP contribution in [0.15, 0.2) is 48.8 Å². The van der Waals surface area contributed by atoms with Crippen LogP contribution in [0.3, 0.4) is 0 Å². The highest BCUT2D eigenvalue weighted by atomic mass is 16.5. The van der Waals surface area contributed by atoms with Gasteiger partial charge in [0.15, 0.2) is 0 Å². The molecule has 0 atom stereocenters. The van der Waals surface area contributed by atoms with E-state index in [1.807, 2.05) is 18.2 Å². The Hall–Kier alpha value is -2.79. The molecule has 2 aromatic rings. The summed E-state index contributed by atoms with van der Waals surface area (Å²) in [5, 5.41) is 6.42. The molecule has 0 spiro atoms. The van der Waals surface area contributed by atoms with Crippen molar-refractivity contribution >= 4 is 17.3 Å². The largest absolute Gasteiger partial charge is 0.465 e. The molecule has 5 heteroatoms. The maximum atomic E-state index is 11.7. The van der Waals surface area contributed by atoms with E-state index in [1.54, 1.807) is 0 Å². The molecule has 0 saturated heterocycles. The van der Waals surface area contributed by atoms with E-state index in [0.29, 0.717) is 5.56 Å². The average Bonchev–Trinajstić information content (AvgIpc) is 3.14. The second kappa shape index (κ2) is 5.69. The summed E-state index contributed by atoms with van der Waals surface area (Å²) in [6.07, 6.45) is 0. The number of nitrogens with one attached hydrogen (secondary N) is 2. The van der Waals surface area contributed by atoms with Gasteiger partial charge in [-0.15, -0.1) is 0 Å². The normalized spacial score (nSPS) is 15.5. The van der Waals surface area contributed by atoms with Crippen LogP contribution in [0.4, 0.5) is 11.4 Å². The van der Waals surface area contributed by atoms with Crippen LogP contribution in [0.1, 0.15) is 27.0 Å². The van der Waals surface area contributed by atoms with Gasteiger partial charge in [-0.2, -0.15) is 0 Å². The summed E-state index contributed by atoms with van der Waals surface area (Å²) in [4.78, 5) is 14.0. The van der Waals surface area contributed by atoms with Crippen molar-refractivity contribution in [1.82, 2.24) is 4.90 Å². The summed E-state index contributed by atoms with van der Waals surface area (Å²) in [5.74, 6) is 0.528. The first-order valence-electron chi connectivity index (χ1n) is 7.91. The van der Waals surface area contributed by atoms with E-state index in [9.17, 15) is 4.79 Å². The molecule has 5 nitrogen and oxygen atoms in total. The van der Waals surface area contributed by atoms with E-state index in [2.05, 4.69) is 40.3 Å². The monoisotopic (exact) mass is 321 g/mol. The van der Waals surface area contributed by atoms with Crippen LogP contribution in [0.5, 0.6) is 0 Å². The molecule has 2 heterocycles. The zero-order valence-electron chi connectivity index (χ0n) is 13.6. The van der Waals surface area contributed by atoms with E-state index in [-0.39, 0.29) is 5.97 Å². The van der Waals surface area contributed by atoms with Gasteiger partial charge >= 0.3 is 5.97 Å². The molecular formula is C19H19N3O2. The second-order valence-electron chi connectivity index (χ2n) is 6.23. The van der Waals surface area contributed by atoms with Crippen molar-refractivity contribution < 1.29 is 9.53 Å². The summed E-state index contributed by atoms with van der Waals surface area (Å²) in [5.41, 5.74) is 6.48. The van der Waals surface area contributed by atoms with Gasteiger partial charge in [-0.25, -0.2) is 4.79 Å². The third-order valence-electron chi connectivity index (χ3n) is 4.48. The zero-order chi connectivity index (χ0) is 16.7. The molecule has 2 aliphatic rings. The van der Waals surface area contributed by atoms with Gasteiger partial charge in [-0.3, -0.25) is 4.90 Å². The highest BCUT2D eigenvalue weighted by Gasteiger charge is 2.21. The minimum atomic E-state index is -0.284. The Balaban J connectivity index is 1.48. The third-order valence-corrected chi connectivity index (χ3v) is 4.48. The van der Waals surface area contributed by atoms with Crippen LogP contribution in [0.25, 0.3) is 0 Å². The van der Waals surface area contributed by atoms with Crippen LogP contribution >= 0.6 is 0 Å². The van der Waals surface area contributed by atoms with Crippen LogP contribution in [0.2, 0.25) is 0 Å². The number of anilines is 2. The number of ether oxygens (including phenoxy) is 1. The summed E-state index contributed by atoms with van der Waals surface area (Å²) in [6, 6.07) is 12.2. The Bertz CT molecular complexity index is 845. The highest BCUT2D eigenvalue weighted by molar-refractivity contribution is 5.89. The lowest BCUT2D eigenvalue weighted by atomic mass is 10.1. The predicted molar refractivity (Wildman–Crippen MR) is 93.6 cm³/mol. The molecule has 0 radical (unpaired) electrons. The van der Waals surface area contributed by atoms with Crippen molar-refractivity contribution in [3.8, 4) is 0 Å². The number of carbonyl (C=O) groups excluding carboxylic acids is 1. The minimum absolute atomic E-state index is 0.284. The maximum Gasteiger partial charge on any atom is 0.337 e. The summed E-state index contributed by atoms with van der Waals surface area (Å²) < 4.78 is 4.80. The number of benzene rings is 2. The highest BCUT2D eigenvalue weighted by Crippen LogP contribution is 2.32. The molecule has 0 amide bonds. The van der Waals surface area contributed by atoms with Crippen molar-refractivity contribution in [3.05, 3.63) is 71.1 Å². The van der Waals surface area contributed by atoms with E-state index in [4.69, 9.17) is 4.74 Å². The molecule has 0 unspecified atom stereocenters. The van der Waals surface area contributed by atoms with Gasteiger partial charge < -0.3 is 15.4 Å². The molecule has 0 aromatic heterocycles. The summed E-state index contributed by atoms with van der Waals surface area (Å²) in [7, 11) is 1.41. The predicted octanol–water partition coefficient (Wildman–Crippen LogP) is 3.30. The Morgan fingerprint density at radius 3 is 2.75 bits per heavy atom. The number of fused-ring (bicyclic) bond motifs is 2. The number of rotatable bonds is 3. The molecule has 2 aromatic carbocycles. The molecular weight excluding hydrogens is 302 g/mol. The lowest BCUT2D eigenvalue weighted by Crippen LogP contribution is -2.15. The second-order valence-corrected chi connectivity index (χ2v) is 6.23. The first-order valence-corrected chi connectivity index (χ1v) is 7.91. The van der Waals surface area contributed by atoms with E-state index in [0.717, 1.165) is 36.8 Å². The average molecular weight is 321 g/mol. The molecule has 0 aliphatic carbocycles. The first-order chi connectivity index (χ1) is 11.6. The SMILES string of the molecule is C=C1Nc2ccc(CN3Cc4ccc(C(=O)OC)cc4C3)cc2N1. The Kier molecular flexibility index (Phi) is 3.50. The molecule has 24 heavy (non-hydrogen) atoms. The minimum Gasteiger partial charge on any atom is -0.465 e.